The van der Waals surface area contributed by atoms with Crippen LogP contribution in [-0.2, 0) is 16.4 Å². The van der Waals surface area contributed by atoms with E-state index in [-0.39, 0.29) is 9.99 Å². The van der Waals surface area contributed by atoms with Gasteiger partial charge in [0, 0.05) is 12.1 Å². The van der Waals surface area contributed by atoms with Crippen molar-refractivity contribution >= 4 is 55.2 Å². The second-order valence-corrected chi connectivity index (χ2v) is 10.6. The molecule has 0 aliphatic heterocycles. The predicted molar refractivity (Wildman–Crippen MR) is 114 cm³/mol. The van der Waals surface area contributed by atoms with Crippen LogP contribution in [-0.4, -0.2) is 25.7 Å². The number of ketones is 1. The van der Waals surface area contributed by atoms with Crippen molar-refractivity contribution in [2.24, 2.45) is 5.14 Å². The average Bonchev–Trinajstić information content (AvgIpc) is 3.25. The maximum absolute atomic E-state index is 12.6. The summed E-state index contributed by atoms with van der Waals surface area (Å²) in [6, 6.07) is 9.08. The van der Waals surface area contributed by atoms with Crippen molar-refractivity contribution in [1.29, 1.82) is 0 Å². The number of carbonyl (C=O) groups excluding carboxylic acids is 1. The zero-order chi connectivity index (χ0) is 20.3. The van der Waals surface area contributed by atoms with Crippen LogP contribution in [0.1, 0.15) is 32.8 Å². The number of nitrogens with zero attached hydrogens (tertiary/aromatic N) is 1. The first-order valence-electron chi connectivity index (χ1n) is 8.37. The van der Waals surface area contributed by atoms with Gasteiger partial charge in [0.15, 0.2) is 5.13 Å². The molecular formula is C18H18ClN3O3S3. The fraction of sp³-hybridized carbons (Fsp3) is 0.222. The third-order valence-electron chi connectivity index (χ3n) is 4.02. The number of thiazole rings is 1. The smallest absolute Gasteiger partial charge is 0.247 e. The van der Waals surface area contributed by atoms with Crippen molar-refractivity contribution in [2.45, 2.75) is 24.0 Å². The van der Waals surface area contributed by atoms with Gasteiger partial charge in [-0.2, -0.15) is 0 Å². The van der Waals surface area contributed by atoms with Gasteiger partial charge in [-0.3, -0.25) is 4.79 Å². The fourth-order valence-electron chi connectivity index (χ4n) is 2.69. The number of thiophene rings is 1. The van der Waals surface area contributed by atoms with Crippen LogP contribution >= 0.6 is 34.3 Å². The summed E-state index contributed by atoms with van der Waals surface area (Å²) in [6.45, 7) is 2.48. The van der Waals surface area contributed by atoms with E-state index in [4.69, 9.17) is 16.7 Å². The summed E-state index contributed by atoms with van der Waals surface area (Å²) < 4.78 is 23.7. The molecule has 0 atom stereocenters. The molecule has 3 rings (SSSR count). The Morgan fingerprint density at radius 1 is 1.29 bits per heavy atom. The Kier molecular flexibility index (Phi) is 6.51. The molecule has 0 fully saturated rings. The van der Waals surface area contributed by atoms with E-state index in [1.807, 2.05) is 25.1 Å². The molecule has 0 aliphatic carbocycles. The van der Waals surface area contributed by atoms with E-state index in [2.05, 4.69) is 10.3 Å². The van der Waals surface area contributed by atoms with Crippen LogP contribution in [0.3, 0.4) is 0 Å². The van der Waals surface area contributed by atoms with Gasteiger partial charge in [-0.15, -0.1) is 11.3 Å². The SMILES string of the molecule is Cc1ccccc1C(=O)c1cnc(NCCCc2cc(Cl)sc2S(N)(=O)=O)s1. The molecule has 28 heavy (non-hydrogen) atoms. The molecular weight excluding hydrogens is 438 g/mol. The molecule has 10 heteroatoms. The Bertz CT molecular complexity index is 1110. The second kappa shape index (κ2) is 8.71. The zero-order valence-electron chi connectivity index (χ0n) is 14.9. The molecule has 0 radical (unpaired) electrons. The number of nitrogens with one attached hydrogen (secondary N) is 1. The molecule has 3 aromatic rings. The quantitative estimate of drug-likeness (QED) is 0.393. The van der Waals surface area contributed by atoms with E-state index >= 15 is 0 Å². The van der Waals surface area contributed by atoms with Gasteiger partial charge in [0.05, 0.1) is 15.4 Å². The van der Waals surface area contributed by atoms with Crippen LogP contribution in [0.25, 0.3) is 0 Å². The van der Waals surface area contributed by atoms with E-state index in [1.165, 1.54) is 11.3 Å². The highest BCUT2D eigenvalue weighted by atomic mass is 35.5. The van der Waals surface area contributed by atoms with Crippen molar-refractivity contribution in [3.05, 3.63) is 62.4 Å². The van der Waals surface area contributed by atoms with Crippen molar-refractivity contribution < 1.29 is 13.2 Å². The van der Waals surface area contributed by atoms with Crippen LogP contribution in [0.2, 0.25) is 4.34 Å². The molecule has 3 N–H and O–H groups in total. The maximum atomic E-state index is 12.6. The Morgan fingerprint density at radius 2 is 2.04 bits per heavy atom. The number of aryl methyl sites for hydroxylation is 2. The Hall–Kier alpha value is -1.78. The Balaban J connectivity index is 1.57. The van der Waals surface area contributed by atoms with Gasteiger partial charge < -0.3 is 5.32 Å². The minimum absolute atomic E-state index is 0.0469. The van der Waals surface area contributed by atoms with Crippen molar-refractivity contribution in [3.8, 4) is 0 Å². The first-order valence-corrected chi connectivity index (χ1v) is 11.9. The number of aromatic nitrogens is 1. The maximum Gasteiger partial charge on any atom is 0.247 e. The van der Waals surface area contributed by atoms with E-state index in [1.54, 1.807) is 18.3 Å². The van der Waals surface area contributed by atoms with Gasteiger partial charge in [0.2, 0.25) is 15.8 Å². The fourth-order valence-corrected chi connectivity index (χ4v) is 5.92. The molecule has 148 valence electrons. The lowest BCUT2D eigenvalue weighted by atomic mass is 10.0. The van der Waals surface area contributed by atoms with Gasteiger partial charge in [-0.05, 0) is 37.0 Å². The Labute approximate surface area is 176 Å². The summed E-state index contributed by atoms with van der Waals surface area (Å²) in [5.41, 5.74) is 2.21. The van der Waals surface area contributed by atoms with Gasteiger partial charge in [0.25, 0.3) is 0 Å². The number of anilines is 1. The molecule has 2 heterocycles. The minimum Gasteiger partial charge on any atom is -0.361 e. The molecule has 0 amide bonds. The van der Waals surface area contributed by atoms with Gasteiger partial charge in [-0.25, -0.2) is 18.5 Å². The third kappa shape index (κ3) is 4.98. The number of hydrogen-bond donors (Lipinski definition) is 2. The number of primary sulfonamides is 1. The Morgan fingerprint density at radius 3 is 2.75 bits per heavy atom. The highest BCUT2D eigenvalue weighted by Gasteiger charge is 2.18. The summed E-state index contributed by atoms with van der Waals surface area (Å²) in [7, 11) is -3.77. The minimum atomic E-state index is -3.77. The van der Waals surface area contributed by atoms with Crippen LogP contribution in [0.15, 0.2) is 40.7 Å². The molecule has 6 nitrogen and oxygen atoms in total. The van der Waals surface area contributed by atoms with Crippen LogP contribution in [0, 0.1) is 6.92 Å². The van der Waals surface area contributed by atoms with Crippen LogP contribution < -0.4 is 10.5 Å². The van der Waals surface area contributed by atoms with Gasteiger partial charge in [-0.1, -0.05) is 47.2 Å². The van der Waals surface area contributed by atoms with Crippen molar-refractivity contribution in [3.63, 3.8) is 0 Å². The second-order valence-electron chi connectivity index (χ2n) is 6.11. The first kappa shape index (κ1) is 20.9. The number of sulfonamides is 1. The largest absolute Gasteiger partial charge is 0.361 e. The number of hydrogen-bond acceptors (Lipinski definition) is 7. The number of carbonyl (C=O) groups is 1. The highest BCUT2D eigenvalue weighted by molar-refractivity contribution is 7.91. The normalized spacial score (nSPS) is 11.5. The summed E-state index contributed by atoms with van der Waals surface area (Å²) in [4.78, 5) is 17.4. The standard InChI is InChI=1S/C18H18ClN3O3S3/c1-11-5-2-3-7-13(11)16(23)14-10-22-18(26-14)21-8-4-6-12-9-15(19)27-17(12)28(20,24)25/h2-3,5,7,9-10H,4,6,8H2,1H3,(H,21,22)(H2,20,24,25). The first-order chi connectivity index (χ1) is 13.3. The summed E-state index contributed by atoms with van der Waals surface area (Å²) in [6.07, 6.45) is 2.75. The molecule has 1 aromatic carbocycles. The molecule has 0 spiro atoms. The lowest BCUT2D eigenvalue weighted by Gasteiger charge is -2.04. The molecule has 2 aromatic heterocycles. The zero-order valence-corrected chi connectivity index (χ0v) is 18.1. The monoisotopic (exact) mass is 455 g/mol. The predicted octanol–water partition coefficient (Wildman–Crippen LogP) is 4.09. The van der Waals surface area contributed by atoms with E-state index < -0.39 is 10.0 Å². The summed E-state index contributed by atoms with van der Waals surface area (Å²) >= 11 is 8.18. The highest BCUT2D eigenvalue weighted by Crippen LogP contribution is 2.31. The molecule has 0 aliphatic rings. The number of rotatable bonds is 8. The average molecular weight is 456 g/mol. The summed E-state index contributed by atoms with van der Waals surface area (Å²) in [5, 5.41) is 9.04. The van der Waals surface area contributed by atoms with E-state index in [9.17, 15) is 13.2 Å². The van der Waals surface area contributed by atoms with Crippen LogP contribution in [0.5, 0.6) is 0 Å². The number of benzene rings is 1. The molecule has 0 saturated heterocycles. The molecule has 0 saturated carbocycles. The van der Waals surface area contributed by atoms with E-state index in [0.717, 1.165) is 16.9 Å². The molecule has 0 unspecified atom stereocenters. The summed E-state index contributed by atoms with van der Waals surface area (Å²) in [5.74, 6) is -0.0469. The lowest BCUT2D eigenvalue weighted by molar-refractivity contribution is 0.104. The van der Waals surface area contributed by atoms with Crippen molar-refractivity contribution in [2.75, 3.05) is 11.9 Å². The number of halogens is 1. The lowest BCUT2D eigenvalue weighted by Crippen LogP contribution is -2.12. The topological polar surface area (TPSA) is 102 Å². The van der Waals surface area contributed by atoms with Gasteiger partial charge >= 0.3 is 0 Å². The van der Waals surface area contributed by atoms with Gasteiger partial charge in [0.1, 0.15) is 4.21 Å². The van der Waals surface area contributed by atoms with E-state index in [0.29, 0.717) is 44.9 Å². The number of nitrogens with two attached hydrogens (primary N) is 1. The molecule has 0 bridgehead atoms. The third-order valence-corrected chi connectivity index (χ3v) is 7.80. The van der Waals surface area contributed by atoms with Crippen molar-refractivity contribution in [1.82, 2.24) is 4.98 Å². The van der Waals surface area contributed by atoms with Crippen LogP contribution in [0.4, 0.5) is 5.13 Å².